The molecular formula is C24H32N4O4S. The first-order chi connectivity index (χ1) is 15.9. The first-order valence-electron chi connectivity index (χ1n) is 11.4. The second-order valence-corrected chi connectivity index (χ2v) is 9.24. The molecule has 1 fully saturated rings. The van der Waals surface area contributed by atoms with Crippen molar-refractivity contribution in [2.24, 2.45) is 5.92 Å². The molecule has 0 aliphatic carbocycles. The first-order valence-corrected chi connectivity index (χ1v) is 12.3. The zero-order valence-electron chi connectivity index (χ0n) is 19.5. The highest BCUT2D eigenvalue weighted by molar-refractivity contribution is 7.13. The van der Waals surface area contributed by atoms with Crippen molar-refractivity contribution in [3.05, 3.63) is 41.4 Å². The summed E-state index contributed by atoms with van der Waals surface area (Å²) in [6.45, 7) is 7.92. The number of hydrogen-bond acceptors (Lipinski definition) is 6. The van der Waals surface area contributed by atoms with Gasteiger partial charge in [-0.15, -0.1) is 11.3 Å². The molecule has 0 bridgehead atoms. The Morgan fingerprint density at radius 3 is 2.39 bits per heavy atom. The number of hydrogen-bond donors (Lipinski definition) is 1. The minimum atomic E-state index is -0.664. The number of nitrogens with one attached hydrogen (secondary N) is 1. The maximum Gasteiger partial charge on any atom is 0.409 e. The third-order valence-electron chi connectivity index (χ3n) is 5.55. The molecule has 9 heteroatoms. The Hall–Kier alpha value is -2.94. The molecule has 178 valence electrons. The maximum absolute atomic E-state index is 13.2. The average Bonchev–Trinajstić information content (AvgIpc) is 3.33. The molecule has 1 atom stereocenters. The molecule has 0 spiro atoms. The number of rotatable bonds is 8. The van der Waals surface area contributed by atoms with Crippen LogP contribution in [0.1, 0.15) is 44.1 Å². The summed E-state index contributed by atoms with van der Waals surface area (Å²) in [5.41, 5.74) is 1.25. The Morgan fingerprint density at radius 1 is 1.09 bits per heavy atom. The number of aromatic nitrogens is 1. The fourth-order valence-electron chi connectivity index (χ4n) is 3.52. The molecule has 1 N–H and O–H groups in total. The van der Waals surface area contributed by atoms with Crippen LogP contribution in [0.4, 0.5) is 4.79 Å². The highest BCUT2D eigenvalue weighted by atomic mass is 32.1. The average molecular weight is 473 g/mol. The van der Waals surface area contributed by atoms with Crippen LogP contribution < -0.4 is 5.32 Å². The molecule has 1 saturated heterocycles. The van der Waals surface area contributed by atoms with E-state index in [0.717, 1.165) is 23.4 Å². The Labute approximate surface area is 198 Å². The van der Waals surface area contributed by atoms with Gasteiger partial charge in [0.05, 0.1) is 6.61 Å². The van der Waals surface area contributed by atoms with Crippen LogP contribution >= 0.6 is 11.3 Å². The molecule has 0 radical (unpaired) electrons. The fourth-order valence-corrected chi connectivity index (χ4v) is 4.33. The summed E-state index contributed by atoms with van der Waals surface area (Å²) in [5, 5.41) is 5.34. The lowest BCUT2D eigenvalue weighted by Gasteiger charge is -2.36. The number of carbonyl (C=O) groups is 3. The van der Waals surface area contributed by atoms with Crippen LogP contribution in [0.5, 0.6) is 0 Å². The van der Waals surface area contributed by atoms with Crippen LogP contribution in [0, 0.1) is 5.92 Å². The molecule has 33 heavy (non-hydrogen) atoms. The zero-order chi connectivity index (χ0) is 23.8. The van der Waals surface area contributed by atoms with Gasteiger partial charge in [-0.1, -0.05) is 57.5 Å². The van der Waals surface area contributed by atoms with Gasteiger partial charge in [0.2, 0.25) is 5.91 Å². The monoisotopic (exact) mass is 472 g/mol. The van der Waals surface area contributed by atoms with Gasteiger partial charge in [-0.2, -0.15) is 0 Å². The van der Waals surface area contributed by atoms with Crippen LogP contribution in [0.15, 0.2) is 35.7 Å². The molecular weight excluding hydrogens is 440 g/mol. The summed E-state index contributed by atoms with van der Waals surface area (Å²) in [4.78, 5) is 45.9. The van der Waals surface area contributed by atoms with E-state index in [2.05, 4.69) is 10.3 Å². The number of amides is 3. The molecule has 8 nitrogen and oxygen atoms in total. The van der Waals surface area contributed by atoms with Crippen LogP contribution in [0.25, 0.3) is 10.6 Å². The minimum absolute atomic E-state index is 0.0919. The lowest BCUT2D eigenvalue weighted by molar-refractivity contribution is -0.135. The predicted octanol–water partition coefficient (Wildman–Crippen LogP) is 3.65. The summed E-state index contributed by atoms with van der Waals surface area (Å²) >= 11 is 1.40. The highest BCUT2D eigenvalue weighted by Crippen LogP contribution is 2.23. The molecule has 1 aliphatic rings. The summed E-state index contributed by atoms with van der Waals surface area (Å²) in [7, 11) is 0. The van der Waals surface area contributed by atoms with Gasteiger partial charge in [-0.05, 0) is 12.3 Å². The third-order valence-corrected chi connectivity index (χ3v) is 6.44. The summed E-state index contributed by atoms with van der Waals surface area (Å²) in [6.07, 6.45) is 1.47. The number of unbranched alkanes of at least 4 members (excludes halogenated alkanes) is 1. The van der Waals surface area contributed by atoms with Crippen molar-refractivity contribution in [2.75, 3.05) is 32.8 Å². The standard InChI is InChI=1S/C24H32N4O4S/c1-4-5-15-32-24(31)28-13-11-27(12-14-28)23(30)20(17(2)3)26-21(29)19-16-33-22(25-19)18-9-7-6-8-10-18/h6-10,16-17,20H,4-5,11-15H2,1-3H3,(H,26,29). The number of carbonyl (C=O) groups excluding carboxylic acids is 3. The van der Waals surface area contributed by atoms with E-state index in [4.69, 9.17) is 4.74 Å². The molecule has 0 saturated carbocycles. The van der Waals surface area contributed by atoms with Gasteiger partial charge in [-0.3, -0.25) is 9.59 Å². The van der Waals surface area contributed by atoms with Crippen LogP contribution in [-0.2, 0) is 9.53 Å². The van der Waals surface area contributed by atoms with Crippen molar-refractivity contribution in [3.8, 4) is 10.6 Å². The highest BCUT2D eigenvalue weighted by Gasteiger charge is 2.32. The number of piperazine rings is 1. The summed E-state index contributed by atoms with van der Waals surface area (Å²) in [5.74, 6) is -0.597. The Bertz CT molecular complexity index is 939. The summed E-state index contributed by atoms with van der Waals surface area (Å²) < 4.78 is 5.26. The molecule has 2 aromatic rings. The SMILES string of the molecule is CCCCOC(=O)N1CCN(C(=O)C(NC(=O)c2csc(-c3ccccc3)n2)C(C)C)CC1. The summed E-state index contributed by atoms with van der Waals surface area (Å²) in [6, 6.07) is 9.00. The van der Waals surface area contributed by atoms with Crippen molar-refractivity contribution >= 4 is 29.2 Å². The molecule has 1 aromatic carbocycles. The fraction of sp³-hybridized carbons (Fsp3) is 0.500. The molecule has 1 unspecified atom stereocenters. The predicted molar refractivity (Wildman–Crippen MR) is 128 cm³/mol. The van der Waals surface area contributed by atoms with Gasteiger partial charge in [0.1, 0.15) is 16.7 Å². The van der Waals surface area contributed by atoms with E-state index < -0.39 is 6.04 Å². The van der Waals surface area contributed by atoms with E-state index in [1.807, 2.05) is 51.1 Å². The van der Waals surface area contributed by atoms with Gasteiger partial charge >= 0.3 is 6.09 Å². The molecule has 3 amide bonds. The normalized spacial score (nSPS) is 14.8. The van der Waals surface area contributed by atoms with Gasteiger partial charge in [0.25, 0.3) is 5.91 Å². The number of benzene rings is 1. The van der Waals surface area contributed by atoms with E-state index >= 15 is 0 Å². The lowest BCUT2D eigenvalue weighted by atomic mass is 10.0. The zero-order valence-corrected chi connectivity index (χ0v) is 20.3. The minimum Gasteiger partial charge on any atom is -0.449 e. The first kappa shape index (κ1) is 24.7. The Kier molecular flexibility index (Phi) is 8.82. The van der Waals surface area contributed by atoms with Crippen LogP contribution in [-0.4, -0.2) is 71.5 Å². The smallest absolute Gasteiger partial charge is 0.409 e. The Morgan fingerprint density at radius 2 is 1.76 bits per heavy atom. The lowest BCUT2D eigenvalue weighted by Crippen LogP contribution is -2.57. The van der Waals surface area contributed by atoms with Crippen molar-refractivity contribution < 1.29 is 19.1 Å². The van der Waals surface area contributed by atoms with Gasteiger partial charge in [0.15, 0.2) is 0 Å². The Balaban J connectivity index is 1.57. The molecule has 2 heterocycles. The topological polar surface area (TPSA) is 91.8 Å². The van der Waals surface area contributed by atoms with E-state index in [0.29, 0.717) is 38.5 Å². The molecule has 3 rings (SSSR count). The van der Waals surface area contributed by atoms with Gasteiger partial charge in [-0.25, -0.2) is 9.78 Å². The molecule has 1 aliphatic heterocycles. The van der Waals surface area contributed by atoms with Gasteiger partial charge in [0, 0.05) is 37.1 Å². The van der Waals surface area contributed by atoms with Crippen molar-refractivity contribution in [2.45, 2.75) is 39.7 Å². The van der Waals surface area contributed by atoms with Crippen molar-refractivity contribution in [3.63, 3.8) is 0 Å². The van der Waals surface area contributed by atoms with E-state index in [1.54, 1.807) is 15.2 Å². The maximum atomic E-state index is 13.2. The van der Waals surface area contributed by atoms with Gasteiger partial charge < -0.3 is 19.9 Å². The number of ether oxygens (including phenoxy) is 1. The third kappa shape index (κ3) is 6.54. The second-order valence-electron chi connectivity index (χ2n) is 8.38. The van der Waals surface area contributed by atoms with E-state index in [1.165, 1.54) is 11.3 Å². The molecule has 1 aromatic heterocycles. The van der Waals surface area contributed by atoms with E-state index in [9.17, 15) is 14.4 Å². The quantitative estimate of drug-likeness (QED) is 0.592. The van der Waals surface area contributed by atoms with Crippen molar-refractivity contribution in [1.29, 1.82) is 0 Å². The second kappa shape index (κ2) is 11.8. The number of thiazole rings is 1. The largest absolute Gasteiger partial charge is 0.449 e. The van der Waals surface area contributed by atoms with Crippen LogP contribution in [0.3, 0.4) is 0 Å². The number of nitrogens with zero attached hydrogens (tertiary/aromatic N) is 3. The van der Waals surface area contributed by atoms with E-state index in [-0.39, 0.29) is 23.8 Å². The van der Waals surface area contributed by atoms with Crippen LogP contribution in [0.2, 0.25) is 0 Å². The van der Waals surface area contributed by atoms with Crippen molar-refractivity contribution in [1.82, 2.24) is 20.1 Å².